The first-order chi connectivity index (χ1) is 12.0. The second-order valence-corrected chi connectivity index (χ2v) is 5.14. The molecule has 0 unspecified atom stereocenters. The lowest BCUT2D eigenvalue weighted by molar-refractivity contribution is -0.143. The van der Waals surface area contributed by atoms with Gasteiger partial charge in [-0.3, -0.25) is 28.8 Å². The van der Waals surface area contributed by atoms with Gasteiger partial charge in [0.2, 0.25) is 17.7 Å². The molecule has 0 aromatic rings. The molecule has 0 saturated carbocycles. The zero-order valence-corrected chi connectivity index (χ0v) is 13.7. The molecule has 146 valence electrons. The molecule has 0 saturated heterocycles. The molecular formula is C13H20N4O9. The molecule has 8 N–H and O–H groups in total. The van der Waals surface area contributed by atoms with Gasteiger partial charge in [0.15, 0.2) is 0 Å². The van der Waals surface area contributed by atoms with Gasteiger partial charge in [0.1, 0.15) is 12.1 Å². The molecule has 0 spiro atoms. The van der Waals surface area contributed by atoms with Gasteiger partial charge in [0.25, 0.3) is 0 Å². The summed E-state index contributed by atoms with van der Waals surface area (Å²) >= 11 is 0. The summed E-state index contributed by atoms with van der Waals surface area (Å²) in [5, 5.41) is 32.3. The highest BCUT2D eigenvalue weighted by atomic mass is 16.4. The number of carbonyl (C=O) groups excluding carboxylic acids is 3. The largest absolute Gasteiger partial charge is 0.481 e. The van der Waals surface area contributed by atoms with Gasteiger partial charge < -0.3 is 37.0 Å². The molecule has 0 aromatic carbocycles. The summed E-state index contributed by atoms with van der Waals surface area (Å²) in [5.41, 5.74) is 5.32. The van der Waals surface area contributed by atoms with Crippen molar-refractivity contribution >= 4 is 35.6 Å². The third-order valence-corrected chi connectivity index (χ3v) is 3.00. The maximum Gasteiger partial charge on any atom is 0.305 e. The fourth-order valence-corrected chi connectivity index (χ4v) is 1.77. The van der Waals surface area contributed by atoms with E-state index in [1.807, 2.05) is 10.6 Å². The van der Waals surface area contributed by atoms with Crippen LogP contribution in [-0.4, -0.2) is 76.1 Å². The van der Waals surface area contributed by atoms with Gasteiger partial charge >= 0.3 is 17.9 Å². The topological polar surface area (TPSA) is 225 Å². The monoisotopic (exact) mass is 376 g/mol. The highest BCUT2D eigenvalue weighted by Gasteiger charge is 2.30. The van der Waals surface area contributed by atoms with Crippen LogP contribution in [0.25, 0.3) is 0 Å². The van der Waals surface area contributed by atoms with Crippen LogP contribution in [0.2, 0.25) is 0 Å². The van der Waals surface area contributed by atoms with E-state index in [4.69, 9.17) is 21.1 Å². The fourth-order valence-electron chi connectivity index (χ4n) is 1.77. The van der Waals surface area contributed by atoms with Crippen LogP contribution >= 0.6 is 0 Å². The summed E-state index contributed by atoms with van der Waals surface area (Å²) in [6, 6.07) is -4.74. The number of carboxylic acids is 3. The van der Waals surface area contributed by atoms with Gasteiger partial charge in [-0.25, -0.2) is 0 Å². The molecule has 3 atom stereocenters. The molecule has 0 radical (unpaired) electrons. The van der Waals surface area contributed by atoms with Crippen molar-refractivity contribution in [3.05, 3.63) is 0 Å². The first kappa shape index (κ1) is 22.8. The van der Waals surface area contributed by atoms with Crippen molar-refractivity contribution < 1.29 is 44.1 Å². The summed E-state index contributed by atoms with van der Waals surface area (Å²) in [4.78, 5) is 67.7. The smallest absolute Gasteiger partial charge is 0.305 e. The number of hydrogen-bond acceptors (Lipinski definition) is 7. The first-order valence-corrected chi connectivity index (χ1v) is 7.21. The molecule has 13 heteroatoms. The van der Waals surface area contributed by atoms with E-state index in [0.717, 1.165) is 0 Å². The van der Waals surface area contributed by atoms with Crippen LogP contribution in [-0.2, 0) is 28.8 Å². The van der Waals surface area contributed by atoms with Crippen molar-refractivity contribution in [1.82, 2.24) is 16.0 Å². The number of carbonyl (C=O) groups is 6. The molecule has 0 aliphatic carbocycles. The van der Waals surface area contributed by atoms with Crippen LogP contribution in [0.15, 0.2) is 0 Å². The molecule has 13 nitrogen and oxygen atoms in total. The molecule has 26 heavy (non-hydrogen) atoms. The number of carboxylic acid groups (broad SMARTS) is 3. The van der Waals surface area contributed by atoms with Gasteiger partial charge in [-0.05, 0) is 0 Å². The second-order valence-electron chi connectivity index (χ2n) is 5.14. The predicted molar refractivity (Wildman–Crippen MR) is 82.7 cm³/mol. The summed E-state index contributed by atoms with van der Waals surface area (Å²) in [5.74, 6) is -7.34. The van der Waals surface area contributed by atoms with Gasteiger partial charge in [0, 0.05) is 7.05 Å². The van der Waals surface area contributed by atoms with Crippen molar-refractivity contribution in [3.63, 3.8) is 0 Å². The van der Waals surface area contributed by atoms with Crippen molar-refractivity contribution in [3.8, 4) is 0 Å². The quantitative estimate of drug-likeness (QED) is 0.188. The lowest BCUT2D eigenvalue weighted by Crippen LogP contribution is -2.56. The minimum absolute atomic E-state index is 0.757. The molecular weight excluding hydrogens is 356 g/mol. The van der Waals surface area contributed by atoms with Gasteiger partial charge in [-0.2, -0.15) is 0 Å². The van der Waals surface area contributed by atoms with E-state index >= 15 is 0 Å². The standard InChI is InChI=1S/C13H20N4O9/c1-15-12(25)6(3-9(20)21)17-13(26)7(4-10(22)23)16-11(24)5(14)2-8(18)19/h5-7H,2-4,14H2,1H3,(H,15,25)(H,16,24)(H,17,26)(H,18,19)(H,20,21)(H,22,23)/t5-,6-,7-/m0/s1. The van der Waals surface area contributed by atoms with Gasteiger partial charge in [-0.1, -0.05) is 0 Å². The minimum Gasteiger partial charge on any atom is -0.481 e. The second kappa shape index (κ2) is 10.6. The van der Waals surface area contributed by atoms with Crippen LogP contribution in [0.1, 0.15) is 19.3 Å². The molecule has 0 bridgehead atoms. The third-order valence-electron chi connectivity index (χ3n) is 3.00. The highest BCUT2D eigenvalue weighted by Crippen LogP contribution is 2.00. The molecule has 0 aliphatic heterocycles. The summed E-state index contributed by atoms with van der Waals surface area (Å²) in [7, 11) is 1.20. The zero-order valence-electron chi connectivity index (χ0n) is 13.7. The van der Waals surface area contributed by atoms with Crippen LogP contribution in [0, 0.1) is 0 Å². The van der Waals surface area contributed by atoms with E-state index in [-0.39, 0.29) is 0 Å². The Morgan fingerprint density at radius 3 is 1.50 bits per heavy atom. The summed E-state index contributed by atoms with van der Waals surface area (Å²) in [6.07, 6.45) is -2.43. The van der Waals surface area contributed by atoms with E-state index < -0.39 is 73.0 Å². The lowest BCUT2D eigenvalue weighted by atomic mass is 10.1. The minimum atomic E-state index is -1.69. The van der Waals surface area contributed by atoms with Crippen molar-refractivity contribution in [1.29, 1.82) is 0 Å². The molecule has 0 aliphatic rings. The normalized spacial score (nSPS) is 13.6. The molecule has 0 heterocycles. The number of aliphatic carboxylic acids is 3. The molecule has 0 fully saturated rings. The lowest BCUT2D eigenvalue weighted by Gasteiger charge is -2.22. The Kier molecular flexibility index (Phi) is 9.29. The molecule has 0 aromatic heterocycles. The van der Waals surface area contributed by atoms with Gasteiger partial charge in [-0.15, -0.1) is 0 Å². The van der Waals surface area contributed by atoms with Crippen LogP contribution < -0.4 is 21.7 Å². The van der Waals surface area contributed by atoms with E-state index in [2.05, 4.69) is 5.32 Å². The zero-order chi connectivity index (χ0) is 20.4. The Labute approximate surface area is 146 Å². The molecule has 3 amide bonds. The SMILES string of the molecule is CNC(=O)[C@H](CC(=O)O)NC(=O)[C@H](CC(=O)O)NC(=O)[C@@H](N)CC(=O)O. The van der Waals surface area contributed by atoms with Crippen molar-refractivity contribution in [2.24, 2.45) is 5.73 Å². The highest BCUT2D eigenvalue weighted by molar-refractivity contribution is 5.96. The van der Waals surface area contributed by atoms with E-state index in [1.54, 1.807) is 0 Å². The number of amides is 3. The Balaban J connectivity index is 5.19. The molecule has 0 rings (SSSR count). The number of hydrogen-bond donors (Lipinski definition) is 7. The first-order valence-electron chi connectivity index (χ1n) is 7.21. The summed E-state index contributed by atoms with van der Waals surface area (Å²) in [6.45, 7) is 0. The van der Waals surface area contributed by atoms with Crippen molar-refractivity contribution in [2.75, 3.05) is 7.05 Å². The maximum absolute atomic E-state index is 12.2. The predicted octanol–water partition coefficient (Wildman–Crippen LogP) is -3.55. The third kappa shape index (κ3) is 8.58. The maximum atomic E-state index is 12.2. The number of nitrogens with two attached hydrogens (primary N) is 1. The Bertz CT molecular complexity index is 592. The van der Waals surface area contributed by atoms with E-state index in [0.29, 0.717) is 0 Å². The fraction of sp³-hybridized carbons (Fsp3) is 0.538. The Morgan fingerprint density at radius 1 is 0.731 bits per heavy atom. The Hall–Kier alpha value is -3.22. The summed E-state index contributed by atoms with van der Waals surface area (Å²) < 4.78 is 0. The van der Waals surface area contributed by atoms with Crippen molar-refractivity contribution in [2.45, 2.75) is 37.4 Å². The van der Waals surface area contributed by atoms with Crippen LogP contribution in [0.3, 0.4) is 0 Å². The number of rotatable bonds is 11. The Morgan fingerprint density at radius 2 is 1.12 bits per heavy atom. The van der Waals surface area contributed by atoms with Crippen LogP contribution in [0.5, 0.6) is 0 Å². The van der Waals surface area contributed by atoms with E-state index in [1.165, 1.54) is 7.05 Å². The van der Waals surface area contributed by atoms with Gasteiger partial charge in [0.05, 0.1) is 25.3 Å². The average molecular weight is 376 g/mol. The number of likely N-dealkylation sites (N-methyl/N-ethyl adjacent to an activating group) is 1. The average Bonchev–Trinajstić information content (AvgIpc) is 2.50. The van der Waals surface area contributed by atoms with E-state index in [9.17, 15) is 28.8 Å². The van der Waals surface area contributed by atoms with Crippen LogP contribution in [0.4, 0.5) is 0 Å². The number of nitrogens with one attached hydrogen (secondary N) is 3.